The van der Waals surface area contributed by atoms with Gasteiger partial charge in [-0.1, -0.05) is 38.5 Å². The standard InChI is InChI=1S/C19H29NO5/c1-14-15(2)19(22)17(16(3)18(14)21)12-10-8-6-4-5-7-9-11-13-25-20(23)24/h4-13H2,1-3H3. The second kappa shape index (κ2) is 10.8. The Morgan fingerprint density at radius 3 is 1.80 bits per heavy atom. The maximum Gasteiger partial charge on any atom is 0.294 e. The summed E-state index contributed by atoms with van der Waals surface area (Å²) in [5.41, 5.74) is 2.48. The first-order chi connectivity index (χ1) is 11.9. The molecule has 0 radical (unpaired) electrons. The van der Waals surface area contributed by atoms with Crippen LogP contribution in [0.1, 0.15) is 78.6 Å². The molecule has 6 heteroatoms. The summed E-state index contributed by atoms with van der Waals surface area (Å²) in [6.45, 7) is 5.40. The molecule has 0 N–H and O–H groups in total. The highest BCUT2D eigenvalue weighted by Gasteiger charge is 2.26. The molecule has 0 saturated carbocycles. The highest BCUT2D eigenvalue weighted by molar-refractivity contribution is 6.24. The fraction of sp³-hybridized carbons (Fsp3) is 0.684. The molecule has 0 aliphatic heterocycles. The Bertz CT molecular complexity index is 574. The third-order valence-corrected chi connectivity index (χ3v) is 4.83. The van der Waals surface area contributed by atoms with Crippen LogP contribution in [0.2, 0.25) is 0 Å². The van der Waals surface area contributed by atoms with Crippen molar-refractivity contribution in [1.82, 2.24) is 0 Å². The zero-order valence-electron chi connectivity index (χ0n) is 15.6. The Morgan fingerprint density at radius 1 is 0.760 bits per heavy atom. The van der Waals surface area contributed by atoms with Crippen LogP contribution in [0.5, 0.6) is 0 Å². The molecular formula is C19H29NO5. The molecule has 0 fully saturated rings. The van der Waals surface area contributed by atoms with E-state index >= 15 is 0 Å². The van der Waals surface area contributed by atoms with Crippen molar-refractivity contribution in [2.75, 3.05) is 6.61 Å². The van der Waals surface area contributed by atoms with Crippen molar-refractivity contribution in [3.63, 3.8) is 0 Å². The van der Waals surface area contributed by atoms with E-state index in [1.807, 2.05) is 0 Å². The number of hydrogen-bond donors (Lipinski definition) is 0. The first-order valence-electron chi connectivity index (χ1n) is 9.10. The number of hydrogen-bond acceptors (Lipinski definition) is 5. The molecule has 1 rings (SSSR count). The van der Waals surface area contributed by atoms with E-state index in [9.17, 15) is 19.7 Å². The van der Waals surface area contributed by atoms with Gasteiger partial charge in [-0.3, -0.25) is 9.59 Å². The molecule has 25 heavy (non-hydrogen) atoms. The number of nitrogens with zero attached hydrogens (tertiary/aromatic N) is 1. The predicted octanol–water partition coefficient (Wildman–Crippen LogP) is 4.51. The lowest BCUT2D eigenvalue weighted by molar-refractivity contribution is -0.757. The molecule has 0 aromatic heterocycles. The lowest BCUT2D eigenvalue weighted by Gasteiger charge is -2.18. The lowest BCUT2D eigenvalue weighted by Crippen LogP contribution is -2.20. The van der Waals surface area contributed by atoms with Gasteiger partial charge in [-0.05, 0) is 40.0 Å². The Hall–Kier alpha value is -1.98. The molecule has 1 aliphatic rings. The molecule has 0 atom stereocenters. The Labute approximate surface area is 149 Å². The third kappa shape index (κ3) is 6.80. The Morgan fingerprint density at radius 2 is 1.24 bits per heavy atom. The molecule has 0 amide bonds. The minimum Gasteiger partial charge on any atom is -0.314 e. The second-order valence-electron chi connectivity index (χ2n) is 6.65. The second-order valence-corrected chi connectivity index (χ2v) is 6.65. The molecule has 0 aromatic rings. The van der Waals surface area contributed by atoms with Crippen molar-refractivity contribution in [3.05, 3.63) is 32.4 Å². The highest BCUT2D eigenvalue weighted by atomic mass is 16.9. The zero-order chi connectivity index (χ0) is 18.8. The van der Waals surface area contributed by atoms with Crippen molar-refractivity contribution in [2.45, 2.75) is 78.6 Å². The van der Waals surface area contributed by atoms with Gasteiger partial charge in [0.05, 0.1) is 6.61 Å². The lowest BCUT2D eigenvalue weighted by atomic mass is 9.84. The van der Waals surface area contributed by atoms with E-state index in [1.54, 1.807) is 20.8 Å². The van der Waals surface area contributed by atoms with Crippen LogP contribution in [0, 0.1) is 10.1 Å². The molecule has 0 heterocycles. The van der Waals surface area contributed by atoms with Crippen LogP contribution in [-0.4, -0.2) is 23.3 Å². The van der Waals surface area contributed by atoms with Crippen molar-refractivity contribution in [3.8, 4) is 0 Å². The summed E-state index contributed by atoms with van der Waals surface area (Å²) in [5, 5.41) is 9.23. The molecule has 0 spiro atoms. The number of allylic oxidation sites excluding steroid dienone is 4. The van der Waals surface area contributed by atoms with Crippen LogP contribution in [0.15, 0.2) is 22.3 Å². The van der Waals surface area contributed by atoms with Gasteiger partial charge in [0, 0.05) is 22.3 Å². The Kier molecular flexibility index (Phi) is 9.10. The van der Waals surface area contributed by atoms with E-state index in [0.29, 0.717) is 28.7 Å². The van der Waals surface area contributed by atoms with E-state index in [-0.39, 0.29) is 18.2 Å². The van der Waals surface area contributed by atoms with Crippen LogP contribution in [-0.2, 0) is 14.4 Å². The van der Waals surface area contributed by atoms with Gasteiger partial charge >= 0.3 is 0 Å². The van der Waals surface area contributed by atoms with Gasteiger partial charge in [0.2, 0.25) is 0 Å². The van der Waals surface area contributed by atoms with Crippen molar-refractivity contribution in [1.29, 1.82) is 0 Å². The maximum absolute atomic E-state index is 12.3. The SMILES string of the molecule is CC1=C(C)C(=O)C(CCCCCCCCCCO[N+](=O)[O-])=C(C)C1=O. The minimum absolute atomic E-state index is 0.00755. The maximum atomic E-state index is 12.3. The molecule has 1 aliphatic carbocycles. The van der Waals surface area contributed by atoms with Gasteiger partial charge in [0.15, 0.2) is 11.6 Å². The molecule has 140 valence electrons. The van der Waals surface area contributed by atoms with E-state index in [2.05, 4.69) is 4.84 Å². The minimum atomic E-state index is -0.750. The fourth-order valence-corrected chi connectivity index (χ4v) is 3.06. The van der Waals surface area contributed by atoms with Crippen molar-refractivity contribution < 1.29 is 19.5 Å². The summed E-state index contributed by atoms with van der Waals surface area (Å²) in [5.74, 6) is 0.0414. The number of unbranched alkanes of at least 4 members (excludes halogenated alkanes) is 7. The van der Waals surface area contributed by atoms with Crippen LogP contribution in [0.3, 0.4) is 0 Å². The molecular weight excluding hydrogens is 322 g/mol. The summed E-state index contributed by atoms with van der Waals surface area (Å²) in [6, 6.07) is 0. The first-order valence-corrected chi connectivity index (χ1v) is 9.10. The molecule has 0 aromatic carbocycles. The van der Waals surface area contributed by atoms with Crippen LogP contribution >= 0.6 is 0 Å². The highest BCUT2D eigenvalue weighted by Crippen LogP contribution is 2.27. The summed E-state index contributed by atoms with van der Waals surface area (Å²) >= 11 is 0. The smallest absolute Gasteiger partial charge is 0.294 e. The molecule has 0 bridgehead atoms. The molecule has 0 unspecified atom stereocenters. The van der Waals surface area contributed by atoms with Gasteiger partial charge in [-0.15, -0.1) is 10.1 Å². The van der Waals surface area contributed by atoms with E-state index < -0.39 is 5.09 Å². The van der Waals surface area contributed by atoms with Crippen LogP contribution < -0.4 is 0 Å². The van der Waals surface area contributed by atoms with Crippen molar-refractivity contribution >= 4 is 11.6 Å². The number of carbonyl (C=O) groups is 2. The number of ketones is 2. The van der Waals surface area contributed by atoms with Crippen LogP contribution in [0.25, 0.3) is 0 Å². The quantitative estimate of drug-likeness (QED) is 0.223. The van der Waals surface area contributed by atoms with Gasteiger partial charge in [-0.25, -0.2) is 0 Å². The summed E-state index contributed by atoms with van der Waals surface area (Å²) in [4.78, 5) is 38.6. The summed E-state index contributed by atoms with van der Waals surface area (Å²) in [6.07, 6.45) is 8.71. The number of Topliss-reactive ketones (excluding diaryl/α,β-unsaturated/α-hetero) is 2. The normalized spacial score (nSPS) is 15.2. The molecule has 0 saturated heterocycles. The van der Waals surface area contributed by atoms with Gasteiger partial charge in [0.25, 0.3) is 5.09 Å². The summed E-state index contributed by atoms with van der Waals surface area (Å²) < 4.78 is 0. The fourth-order valence-electron chi connectivity index (χ4n) is 3.06. The van der Waals surface area contributed by atoms with Gasteiger partial charge in [0.1, 0.15) is 0 Å². The van der Waals surface area contributed by atoms with E-state index in [1.165, 1.54) is 0 Å². The number of carbonyl (C=O) groups excluding carboxylic acids is 2. The number of rotatable bonds is 12. The average Bonchev–Trinajstić information content (AvgIpc) is 2.58. The average molecular weight is 351 g/mol. The van der Waals surface area contributed by atoms with E-state index in [4.69, 9.17) is 0 Å². The van der Waals surface area contributed by atoms with E-state index in [0.717, 1.165) is 51.4 Å². The molecule has 6 nitrogen and oxygen atoms in total. The topological polar surface area (TPSA) is 86.5 Å². The van der Waals surface area contributed by atoms with Crippen molar-refractivity contribution in [2.24, 2.45) is 0 Å². The first kappa shape index (κ1) is 21.1. The van der Waals surface area contributed by atoms with Gasteiger partial charge in [-0.2, -0.15) is 0 Å². The van der Waals surface area contributed by atoms with Gasteiger partial charge < -0.3 is 4.84 Å². The Balaban J connectivity index is 2.13. The monoisotopic (exact) mass is 351 g/mol. The van der Waals surface area contributed by atoms with Crippen LogP contribution in [0.4, 0.5) is 0 Å². The zero-order valence-corrected chi connectivity index (χ0v) is 15.6. The summed E-state index contributed by atoms with van der Waals surface area (Å²) in [7, 11) is 0. The largest absolute Gasteiger partial charge is 0.314 e. The predicted molar refractivity (Wildman–Crippen MR) is 95.6 cm³/mol. The third-order valence-electron chi connectivity index (χ3n) is 4.83.